The lowest BCUT2D eigenvalue weighted by atomic mass is 9.90. The zero-order valence-electron chi connectivity index (χ0n) is 28.0. The molecule has 0 N–H and O–H groups in total. The second-order valence-corrected chi connectivity index (χ2v) is 14.9. The Hall–Kier alpha value is -6.63. The van der Waals surface area contributed by atoms with Crippen molar-refractivity contribution in [3.63, 3.8) is 0 Å². The van der Waals surface area contributed by atoms with E-state index in [0.29, 0.717) is 21.2 Å². The van der Waals surface area contributed by atoms with Crippen LogP contribution in [0.5, 0.6) is 0 Å². The minimum Gasteiger partial charge on any atom is -0.311 e. The van der Waals surface area contributed by atoms with Gasteiger partial charge in [0.1, 0.15) is 0 Å². The standard InChI is InChI=1S/C46H31N3O2S/c50-52(51)44-25-11-10-23-40(44)48(35-20-8-3-9-21-35)43-31-42-39(30-45(43)52)38-22-12-14-32-15-13-24-41(46(32)38)49(42)37-28-26-36(27-29-37)47(33-16-4-1-5-17-33)34-18-6-2-7-19-34/h1-31H. The first kappa shape index (κ1) is 30.2. The number of benzene rings is 8. The van der Waals surface area contributed by atoms with Crippen LogP contribution in [-0.2, 0) is 9.84 Å². The summed E-state index contributed by atoms with van der Waals surface area (Å²) in [6, 6.07) is 63.3. The molecule has 2 aliphatic rings. The number of hydrogen-bond donors (Lipinski definition) is 0. The number of sulfone groups is 1. The Balaban J connectivity index is 1.21. The molecule has 0 saturated carbocycles. The molecule has 0 radical (unpaired) electrons. The van der Waals surface area contributed by atoms with Gasteiger partial charge in [-0.2, -0.15) is 0 Å². The summed E-state index contributed by atoms with van der Waals surface area (Å²) in [6.07, 6.45) is 0. The van der Waals surface area contributed by atoms with Crippen molar-refractivity contribution in [2.45, 2.75) is 9.79 Å². The molecule has 0 atom stereocenters. The van der Waals surface area contributed by atoms with Crippen molar-refractivity contribution in [1.29, 1.82) is 0 Å². The van der Waals surface area contributed by atoms with Crippen molar-refractivity contribution in [2.75, 3.05) is 14.7 Å². The number of anilines is 9. The molecule has 52 heavy (non-hydrogen) atoms. The van der Waals surface area contributed by atoms with Gasteiger partial charge < -0.3 is 14.7 Å². The molecule has 0 aliphatic carbocycles. The highest BCUT2D eigenvalue weighted by atomic mass is 32.2. The van der Waals surface area contributed by atoms with Crippen LogP contribution in [-0.4, -0.2) is 8.42 Å². The van der Waals surface area contributed by atoms with E-state index in [2.05, 4.69) is 130 Å². The van der Waals surface area contributed by atoms with E-state index < -0.39 is 9.84 Å². The summed E-state index contributed by atoms with van der Waals surface area (Å²) >= 11 is 0. The molecule has 2 aliphatic heterocycles. The lowest BCUT2D eigenvalue weighted by Gasteiger charge is -2.38. The molecule has 6 heteroatoms. The number of hydrogen-bond acceptors (Lipinski definition) is 5. The summed E-state index contributed by atoms with van der Waals surface area (Å²) in [5, 5.41) is 2.18. The van der Waals surface area contributed by atoms with Crippen molar-refractivity contribution in [3.8, 4) is 11.1 Å². The van der Waals surface area contributed by atoms with E-state index in [1.54, 1.807) is 12.1 Å². The van der Waals surface area contributed by atoms with E-state index >= 15 is 0 Å². The van der Waals surface area contributed by atoms with Gasteiger partial charge in [-0.15, -0.1) is 0 Å². The molecule has 0 spiro atoms. The van der Waals surface area contributed by atoms with Crippen molar-refractivity contribution >= 4 is 71.8 Å². The largest absolute Gasteiger partial charge is 0.311 e. The highest BCUT2D eigenvalue weighted by Crippen LogP contribution is 2.56. The Kier molecular flexibility index (Phi) is 6.81. The predicted molar refractivity (Wildman–Crippen MR) is 212 cm³/mol. The molecule has 8 aromatic rings. The fourth-order valence-electron chi connectivity index (χ4n) is 7.81. The third-order valence-electron chi connectivity index (χ3n) is 10.1. The first-order valence-corrected chi connectivity index (χ1v) is 18.8. The van der Waals surface area contributed by atoms with Crippen LogP contribution in [0.4, 0.5) is 51.2 Å². The second kappa shape index (κ2) is 11.7. The number of nitrogens with zero attached hydrogens (tertiary/aromatic N) is 3. The molecule has 0 amide bonds. The normalized spacial score (nSPS) is 13.6. The van der Waals surface area contributed by atoms with Crippen LogP contribution in [0.3, 0.4) is 0 Å². The number of fused-ring (bicyclic) bond motifs is 4. The van der Waals surface area contributed by atoms with Crippen LogP contribution in [0.1, 0.15) is 0 Å². The van der Waals surface area contributed by atoms with E-state index in [-0.39, 0.29) is 0 Å². The van der Waals surface area contributed by atoms with Gasteiger partial charge in [-0.25, -0.2) is 8.42 Å². The fraction of sp³-hybridized carbons (Fsp3) is 0. The summed E-state index contributed by atoms with van der Waals surface area (Å²) in [7, 11) is -3.84. The number of para-hydroxylation sites is 4. The van der Waals surface area contributed by atoms with Gasteiger partial charge >= 0.3 is 0 Å². The third-order valence-corrected chi connectivity index (χ3v) is 11.9. The summed E-state index contributed by atoms with van der Waals surface area (Å²) in [5.74, 6) is 0. The molecule has 248 valence electrons. The summed E-state index contributed by atoms with van der Waals surface area (Å²) in [5.41, 5.74) is 10.1. The third kappa shape index (κ3) is 4.58. The molecule has 8 aromatic carbocycles. The van der Waals surface area contributed by atoms with Gasteiger partial charge in [0.2, 0.25) is 9.84 Å². The summed E-state index contributed by atoms with van der Waals surface area (Å²) in [4.78, 5) is 7.20. The van der Waals surface area contributed by atoms with Gasteiger partial charge in [0.15, 0.2) is 0 Å². The van der Waals surface area contributed by atoms with Crippen LogP contribution < -0.4 is 14.7 Å². The van der Waals surface area contributed by atoms with Crippen molar-refractivity contribution in [3.05, 3.63) is 188 Å². The fourth-order valence-corrected chi connectivity index (χ4v) is 9.44. The topological polar surface area (TPSA) is 43.9 Å². The Morgan fingerprint density at radius 3 is 1.62 bits per heavy atom. The van der Waals surface area contributed by atoms with Gasteiger partial charge in [-0.05, 0) is 102 Å². The molecular formula is C46H31N3O2S. The molecular weight excluding hydrogens is 659 g/mol. The molecule has 0 fully saturated rings. The highest BCUT2D eigenvalue weighted by Gasteiger charge is 2.38. The Morgan fingerprint density at radius 1 is 0.385 bits per heavy atom. The van der Waals surface area contributed by atoms with Crippen LogP contribution in [0.25, 0.3) is 21.9 Å². The van der Waals surface area contributed by atoms with Crippen LogP contribution >= 0.6 is 0 Å². The monoisotopic (exact) mass is 689 g/mol. The lowest BCUT2D eigenvalue weighted by molar-refractivity contribution is 0.595. The average Bonchev–Trinajstić information content (AvgIpc) is 3.20. The quantitative estimate of drug-likeness (QED) is 0.180. The maximum absolute atomic E-state index is 14.5. The first-order valence-electron chi connectivity index (χ1n) is 17.3. The zero-order chi connectivity index (χ0) is 34.8. The van der Waals surface area contributed by atoms with Crippen molar-refractivity contribution in [2.24, 2.45) is 0 Å². The van der Waals surface area contributed by atoms with E-state index in [1.807, 2.05) is 60.7 Å². The molecule has 5 nitrogen and oxygen atoms in total. The number of rotatable bonds is 5. The van der Waals surface area contributed by atoms with Crippen molar-refractivity contribution in [1.82, 2.24) is 0 Å². The van der Waals surface area contributed by atoms with Gasteiger partial charge in [0, 0.05) is 39.4 Å². The molecule has 2 heterocycles. The van der Waals surface area contributed by atoms with Gasteiger partial charge in [-0.1, -0.05) is 97.1 Å². The molecule has 0 aromatic heterocycles. The van der Waals surface area contributed by atoms with E-state index in [9.17, 15) is 8.42 Å². The Bertz CT molecular complexity index is 2710. The van der Waals surface area contributed by atoms with Crippen LogP contribution in [0, 0.1) is 0 Å². The molecule has 10 rings (SSSR count). The SMILES string of the molecule is O=S1(=O)c2ccccc2N(c2ccccc2)c2cc3c(cc21)-c1cccc2cccc(c12)N3c1ccc(N(c2ccccc2)c2ccccc2)cc1. The lowest BCUT2D eigenvalue weighted by Crippen LogP contribution is -2.24. The second-order valence-electron chi connectivity index (χ2n) is 13.0. The van der Waals surface area contributed by atoms with Crippen LogP contribution in [0.2, 0.25) is 0 Å². The minimum absolute atomic E-state index is 0.293. The molecule has 0 unspecified atom stereocenters. The highest BCUT2D eigenvalue weighted by molar-refractivity contribution is 7.92. The smallest absolute Gasteiger partial charge is 0.210 e. The van der Waals surface area contributed by atoms with E-state index in [4.69, 9.17) is 0 Å². The van der Waals surface area contributed by atoms with E-state index in [0.717, 1.165) is 61.7 Å². The molecule has 0 bridgehead atoms. The first-order chi connectivity index (χ1) is 25.6. The van der Waals surface area contributed by atoms with Crippen LogP contribution in [0.15, 0.2) is 198 Å². The minimum atomic E-state index is -3.84. The van der Waals surface area contributed by atoms with Crippen molar-refractivity contribution < 1.29 is 8.42 Å². The maximum atomic E-state index is 14.5. The Morgan fingerprint density at radius 2 is 0.923 bits per heavy atom. The zero-order valence-corrected chi connectivity index (χ0v) is 28.8. The average molecular weight is 690 g/mol. The van der Waals surface area contributed by atoms with Gasteiger partial charge in [0.25, 0.3) is 0 Å². The maximum Gasteiger partial charge on any atom is 0.210 e. The Labute approximate surface area is 302 Å². The predicted octanol–water partition coefficient (Wildman–Crippen LogP) is 12.4. The summed E-state index contributed by atoms with van der Waals surface area (Å²) < 4.78 is 29.0. The van der Waals surface area contributed by atoms with Gasteiger partial charge in [0.05, 0.1) is 32.5 Å². The van der Waals surface area contributed by atoms with Gasteiger partial charge in [-0.3, -0.25) is 0 Å². The van der Waals surface area contributed by atoms with E-state index in [1.165, 1.54) is 0 Å². The summed E-state index contributed by atoms with van der Waals surface area (Å²) in [6.45, 7) is 0. The molecule has 0 saturated heterocycles.